The molecule has 3 rings (SSSR count). The van der Waals surface area contributed by atoms with Gasteiger partial charge in [0.15, 0.2) is 9.84 Å². The first-order chi connectivity index (χ1) is 10.9. The van der Waals surface area contributed by atoms with Crippen molar-refractivity contribution in [2.24, 2.45) is 0 Å². The lowest BCUT2D eigenvalue weighted by Gasteiger charge is -2.35. The number of carbonyl (C=O) groups excluding carboxylic acids is 1. The molecule has 0 spiro atoms. The van der Waals surface area contributed by atoms with Crippen LogP contribution < -0.4 is 0 Å². The second-order valence-electron chi connectivity index (χ2n) is 5.50. The van der Waals surface area contributed by atoms with E-state index in [-0.39, 0.29) is 17.4 Å². The molecule has 7 nitrogen and oxygen atoms in total. The molecule has 3 heterocycles. The molecular formula is C14H17N3O4S2. The van der Waals surface area contributed by atoms with Crippen molar-refractivity contribution in [2.75, 3.05) is 26.0 Å². The molecule has 9 heteroatoms. The molecule has 0 aromatic carbocycles. The van der Waals surface area contributed by atoms with Crippen LogP contribution in [0.15, 0.2) is 22.5 Å². The number of H-pyrrole nitrogens is 1. The predicted molar refractivity (Wildman–Crippen MR) is 85.4 cm³/mol. The number of hydrogen-bond acceptors (Lipinski definition) is 6. The molecule has 1 saturated heterocycles. The molecule has 1 aliphatic rings. The van der Waals surface area contributed by atoms with Crippen LogP contribution in [-0.2, 0) is 14.6 Å². The first-order valence-corrected chi connectivity index (χ1v) is 9.82. The second kappa shape index (κ2) is 6.06. The van der Waals surface area contributed by atoms with Crippen LogP contribution in [0.25, 0.3) is 0 Å². The highest BCUT2D eigenvalue weighted by Crippen LogP contribution is 2.30. The van der Waals surface area contributed by atoms with E-state index in [2.05, 4.69) is 10.2 Å². The highest BCUT2D eigenvalue weighted by molar-refractivity contribution is 7.90. The first kappa shape index (κ1) is 16.2. The Bertz CT molecular complexity index is 825. The smallest absolute Gasteiger partial charge is 0.264 e. The number of morpholine rings is 1. The Balaban J connectivity index is 1.97. The lowest BCUT2D eigenvalue weighted by molar-refractivity contribution is -0.00442. The molecule has 0 unspecified atom stereocenters. The zero-order chi connectivity index (χ0) is 16.6. The zero-order valence-electron chi connectivity index (χ0n) is 12.8. The van der Waals surface area contributed by atoms with E-state index in [1.54, 1.807) is 4.90 Å². The summed E-state index contributed by atoms with van der Waals surface area (Å²) < 4.78 is 29.3. The molecule has 23 heavy (non-hydrogen) atoms. The van der Waals surface area contributed by atoms with E-state index in [9.17, 15) is 13.2 Å². The van der Waals surface area contributed by atoms with Crippen LogP contribution in [0.4, 0.5) is 0 Å². The second-order valence-corrected chi connectivity index (χ2v) is 8.39. The predicted octanol–water partition coefficient (Wildman–Crippen LogP) is 1.40. The summed E-state index contributed by atoms with van der Waals surface area (Å²) in [5, 5.41) is 8.48. The van der Waals surface area contributed by atoms with Crippen LogP contribution in [0.5, 0.6) is 0 Å². The quantitative estimate of drug-likeness (QED) is 0.898. The summed E-state index contributed by atoms with van der Waals surface area (Å²) in [5.41, 5.74) is 1.43. The minimum Gasteiger partial charge on any atom is -0.377 e. The van der Waals surface area contributed by atoms with Crippen molar-refractivity contribution < 1.29 is 17.9 Å². The normalized spacial score (nSPS) is 19.0. The first-order valence-electron chi connectivity index (χ1n) is 7.05. The number of thiophene rings is 1. The largest absolute Gasteiger partial charge is 0.377 e. The molecule has 1 atom stereocenters. The Morgan fingerprint density at radius 1 is 1.52 bits per heavy atom. The van der Waals surface area contributed by atoms with E-state index in [1.807, 2.05) is 18.4 Å². The number of nitrogens with zero attached hydrogens (tertiary/aromatic N) is 2. The van der Waals surface area contributed by atoms with Gasteiger partial charge in [0, 0.05) is 12.8 Å². The number of aryl methyl sites for hydroxylation is 1. The molecule has 1 fully saturated rings. The van der Waals surface area contributed by atoms with Gasteiger partial charge < -0.3 is 9.64 Å². The molecule has 0 bridgehead atoms. The van der Waals surface area contributed by atoms with Crippen molar-refractivity contribution in [3.8, 4) is 0 Å². The number of aromatic amines is 1. The van der Waals surface area contributed by atoms with Crippen molar-refractivity contribution in [2.45, 2.75) is 17.9 Å². The SMILES string of the molecule is Cc1csc(C(=O)N2CCOC[C@H]2c2[nH]ncc2S(C)(=O)=O)c1. The molecule has 1 N–H and O–H groups in total. The molecule has 2 aromatic rings. The van der Waals surface area contributed by atoms with Crippen LogP contribution >= 0.6 is 11.3 Å². The van der Waals surface area contributed by atoms with Gasteiger partial charge in [-0.05, 0) is 23.9 Å². The summed E-state index contributed by atoms with van der Waals surface area (Å²) in [6.07, 6.45) is 2.40. The van der Waals surface area contributed by atoms with Gasteiger partial charge in [0.1, 0.15) is 4.90 Å². The molecule has 1 amide bonds. The maximum atomic E-state index is 12.8. The van der Waals surface area contributed by atoms with Crippen molar-refractivity contribution in [3.05, 3.63) is 33.8 Å². The average molecular weight is 355 g/mol. The molecular weight excluding hydrogens is 338 g/mol. The highest BCUT2D eigenvalue weighted by Gasteiger charge is 2.34. The summed E-state index contributed by atoms with van der Waals surface area (Å²) in [7, 11) is -3.43. The molecule has 1 aliphatic heterocycles. The number of sulfone groups is 1. The van der Waals surface area contributed by atoms with Gasteiger partial charge in [0.2, 0.25) is 0 Å². The van der Waals surface area contributed by atoms with E-state index in [1.165, 1.54) is 17.5 Å². The van der Waals surface area contributed by atoms with E-state index >= 15 is 0 Å². The number of rotatable bonds is 3. The van der Waals surface area contributed by atoms with Gasteiger partial charge in [-0.25, -0.2) is 8.42 Å². The number of ether oxygens (including phenoxy) is 1. The van der Waals surface area contributed by atoms with Crippen molar-refractivity contribution in [3.63, 3.8) is 0 Å². The van der Waals surface area contributed by atoms with Gasteiger partial charge in [-0.15, -0.1) is 11.3 Å². The third-order valence-corrected chi connectivity index (χ3v) is 5.86. The number of hydrogen-bond donors (Lipinski definition) is 1. The Morgan fingerprint density at radius 3 is 2.96 bits per heavy atom. The van der Waals surface area contributed by atoms with E-state index in [0.29, 0.717) is 23.7 Å². The van der Waals surface area contributed by atoms with E-state index in [4.69, 9.17) is 4.74 Å². The number of carbonyl (C=O) groups is 1. The topological polar surface area (TPSA) is 92.4 Å². The summed E-state index contributed by atoms with van der Waals surface area (Å²) in [4.78, 5) is 15.2. The van der Waals surface area contributed by atoms with Gasteiger partial charge in [-0.2, -0.15) is 5.10 Å². The van der Waals surface area contributed by atoms with Gasteiger partial charge in [-0.1, -0.05) is 0 Å². The fourth-order valence-electron chi connectivity index (χ4n) is 2.59. The van der Waals surface area contributed by atoms with Crippen LogP contribution in [-0.4, -0.2) is 55.4 Å². The lowest BCUT2D eigenvalue weighted by Crippen LogP contribution is -2.43. The number of nitrogens with one attached hydrogen (secondary N) is 1. The van der Waals surface area contributed by atoms with Gasteiger partial charge >= 0.3 is 0 Å². The molecule has 0 radical (unpaired) electrons. The third kappa shape index (κ3) is 3.17. The number of aromatic nitrogens is 2. The third-order valence-electron chi connectivity index (χ3n) is 3.70. The fraction of sp³-hybridized carbons (Fsp3) is 0.429. The molecule has 0 aliphatic carbocycles. The van der Waals surface area contributed by atoms with Crippen LogP contribution in [0.3, 0.4) is 0 Å². The monoisotopic (exact) mass is 355 g/mol. The summed E-state index contributed by atoms with van der Waals surface area (Å²) in [6.45, 7) is 3.00. The van der Waals surface area contributed by atoms with Gasteiger partial charge in [-0.3, -0.25) is 9.89 Å². The zero-order valence-corrected chi connectivity index (χ0v) is 14.4. The molecule has 0 saturated carbocycles. The van der Waals surface area contributed by atoms with Crippen molar-refractivity contribution >= 4 is 27.1 Å². The molecule has 2 aromatic heterocycles. The van der Waals surface area contributed by atoms with Crippen molar-refractivity contribution in [1.82, 2.24) is 15.1 Å². The minimum absolute atomic E-state index is 0.105. The maximum Gasteiger partial charge on any atom is 0.264 e. The Morgan fingerprint density at radius 2 is 2.30 bits per heavy atom. The summed E-state index contributed by atoms with van der Waals surface area (Å²) in [6, 6.07) is 1.34. The Hall–Kier alpha value is -1.71. The lowest BCUT2D eigenvalue weighted by atomic mass is 10.1. The number of amides is 1. The minimum atomic E-state index is -3.43. The standard InChI is InChI=1S/C14H17N3O4S2/c1-9-5-11(22-8-9)14(18)17-3-4-21-7-10(17)13-12(6-15-16-13)23(2,19)20/h5-6,8,10H,3-4,7H2,1-2H3,(H,15,16)/t10-/m0/s1. The summed E-state index contributed by atoms with van der Waals surface area (Å²) >= 11 is 1.38. The highest BCUT2D eigenvalue weighted by atomic mass is 32.2. The fourth-order valence-corrected chi connectivity index (χ4v) is 4.27. The van der Waals surface area contributed by atoms with Gasteiger partial charge in [0.25, 0.3) is 5.91 Å². The summed E-state index contributed by atoms with van der Waals surface area (Å²) in [5.74, 6) is -0.120. The van der Waals surface area contributed by atoms with E-state index in [0.717, 1.165) is 11.8 Å². The Kier molecular flexibility index (Phi) is 4.26. The Labute approximate surface area is 138 Å². The molecule has 124 valence electrons. The van der Waals surface area contributed by atoms with Gasteiger partial charge in [0.05, 0.1) is 36.0 Å². The van der Waals surface area contributed by atoms with Crippen molar-refractivity contribution in [1.29, 1.82) is 0 Å². The average Bonchev–Trinajstić information content (AvgIpc) is 3.14. The maximum absolute atomic E-state index is 12.8. The van der Waals surface area contributed by atoms with E-state index < -0.39 is 15.9 Å². The van der Waals surface area contributed by atoms with Crippen LogP contribution in [0.1, 0.15) is 27.0 Å². The van der Waals surface area contributed by atoms with Crippen LogP contribution in [0, 0.1) is 6.92 Å². The van der Waals surface area contributed by atoms with Crippen LogP contribution in [0.2, 0.25) is 0 Å².